The molecule has 0 aliphatic carbocycles. The Balaban J connectivity index is 1.72. The Bertz CT molecular complexity index is 170. The van der Waals surface area contributed by atoms with E-state index in [9.17, 15) is 0 Å². The third kappa shape index (κ3) is 3.16. The molecule has 0 bridgehead atoms. The van der Waals surface area contributed by atoms with Crippen molar-refractivity contribution >= 4 is 0 Å². The first kappa shape index (κ1) is 11.4. The van der Waals surface area contributed by atoms with E-state index in [0.717, 1.165) is 18.6 Å². The number of hydrogen-bond acceptors (Lipinski definition) is 3. The summed E-state index contributed by atoms with van der Waals surface area (Å²) in [6.07, 6.45) is 5.40. The molecular formula is C12H25N3. The van der Waals surface area contributed by atoms with Crippen molar-refractivity contribution in [3.63, 3.8) is 0 Å². The molecule has 2 aliphatic heterocycles. The molecule has 0 spiro atoms. The van der Waals surface area contributed by atoms with Gasteiger partial charge in [-0.1, -0.05) is 6.92 Å². The summed E-state index contributed by atoms with van der Waals surface area (Å²) in [5.41, 5.74) is 0. The van der Waals surface area contributed by atoms with Crippen molar-refractivity contribution in [1.29, 1.82) is 0 Å². The molecule has 3 nitrogen and oxygen atoms in total. The fourth-order valence-electron chi connectivity index (χ4n) is 2.93. The van der Waals surface area contributed by atoms with E-state index in [0.29, 0.717) is 0 Å². The Morgan fingerprint density at radius 3 is 2.40 bits per heavy atom. The maximum Gasteiger partial charge on any atom is 0.0119 e. The number of hydrogen-bond donors (Lipinski definition) is 2. The van der Waals surface area contributed by atoms with Crippen molar-refractivity contribution in [3.05, 3.63) is 0 Å². The first-order valence-corrected chi connectivity index (χ1v) is 6.58. The monoisotopic (exact) mass is 211 g/mol. The summed E-state index contributed by atoms with van der Waals surface area (Å²) in [5, 5.41) is 7.01. The van der Waals surface area contributed by atoms with Gasteiger partial charge in [-0.25, -0.2) is 0 Å². The van der Waals surface area contributed by atoms with E-state index in [2.05, 4.69) is 22.5 Å². The Labute approximate surface area is 93.6 Å². The van der Waals surface area contributed by atoms with E-state index in [1.165, 1.54) is 51.9 Å². The molecule has 2 saturated heterocycles. The molecule has 0 aromatic carbocycles. The smallest absolute Gasteiger partial charge is 0.0119 e. The van der Waals surface area contributed by atoms with E-state index in [-0.39, 0.29) is 0 Å². The highest BCUT2D eigenvalue weighted by Crippen LogP contribution is 2.18. The van der Waals surface area contributed by atoms with Crippen LogP contribution in [-0.4, -0.2) is 49.7 Å². The van der Waals surface area contributed by atoms with Crippen LogP contribution in [0.4, 0.5) is 0 Å². The molecule has 0 unspecified atom stereocenters. The lowest BCUT2D eigenvalue weighted by molar-refractivity contribution is 0.120. The second-order valence-corrected chi connectivity index (χ2v) is 4.85. The predicted octanol–water partition coefficient (Wildman–Crippen LogP) is 0.812. The van der Waals surface area contributed by atoms with Crippen molar-refractivity contribution in [2.24, 2.45) is 0 Å². The lowest BCUT2D eigenvalue weighted by Crippen LogP contribution is -2.49. The fourth-order valence-corrected chi connectivity index (χ4v) is 2.93. The second kappa shape index (κ2) is 5.83. The molecule has 2 fully saturated rings. The van der Waals surface area contributed by atoms with Gasteiger partial charge in [-0.15, -0.1) is 0 Å². The molecule has 2 heterocycles. The summed E-state index contributed by atoms with van der Waals surface area (Å²) in [5.74, 6) is 0. The standard InChI is InChI=1S/C12H25N3/c1-2-14-11-5-9-15(10-6-11)12-3-7-13-8-4-12/h11-14H,2-10H2,1H3. The molecule has 0 aromatic heterocycles. The minimum atomic E-state index is 0.785. The molecule has 15 heavy (non-hydrogen) atoms. The summed E-state index contributed by atoms with van der Waals surface area (Å²) in [4.78, 5) is 2.72. The normalized spacial score (nSPS) is 27.0. The Kier molecular flexibility index (Phi) is 4.42. The number of nitrogens with zero attached hydrogens (tertiary/aromatic N) is 1. The zero-order chi connectivity index (χ0) is 10.5. The van der Waals surface area contributed by atoms with Gasteiger partial charge < -0.3 is 15.5 Å². The maximum absolute atomic E-state index is 3.57. The summed E-state index contributed by atoms with van der Waals surface area (Å²) in [6.45, 7) is 8.39. The van der Waals surface area contributed by atoms with Crippen molar-refractivity contribution in [2.75, 3.05) is 32.7 Å². The van der Waals surface area contributed by atoms with Crippen LogP contribution in [0, 0.1) is 0 Å². The quantitative estimate of drug-likeness (QED) is 0.723. The average Bonchev–Trinajstić information content (AvgIpc) is 2.32. The van der Waals surface area contributed by atoms with Gasteiger partial charge in [0.25, 0.3) is 0 Å². The minimum Gasteiger partial charge on any atom is -0.317 e. The fraction of sp³-hybridized carbons (Fsp3) is 1.00. The van der Waals surface area contributed by atoms with E-state index < -0.39 is 0 Å². The van der Waals surface area contributed by atoms with Crippen LogP contribution < -0.4 is 10.6 Å². The number of nitrogens with one attached hydrogen (secondary N) is 2. The average molecular weight is 211 g/mol. The van der Waals surface area contributed by atoms with Crippen LogP contribution in [0.15, 0.2) is 0 Å². The first-order valence-electron chi connectivity index (χ1n) is 6.58. The SMILES string of the molecule is CCNC1CCN(C2CCNCC2)CC1. The molecule has 2 rings (SSSR count). The van der Waals surface area contributed by atoms with E-state index >= 15 is 0 Å². The maximum atomic E-state index is 3.57. The van der Waals surface area contributed by atoms with E-state index in [1.807, 2.05) is 0 Å². The van der Waals surface area contributed by atoms with E-state index in [1.54, 1.807) is 0 Å². The van der Waals surface area contributed by atoms with Crippen molar-refractivity contribution < 1.29 is 0 Å². The van der Waals surface area contributed by atoms with Crippen molar-refractivity contribution in [2.45, 2.75) is 44.7 Å². The zero-order valence-electron chi connectivity index (χ0n) is 9.97. The summed E-state index contributed by atoms with van der Waals surface area (Å²) in [6, 6.07) is 1.65. The third-order valence-corrected chi connectivity index (χ3v) is 3.85. The molecule has 0 aromatic rings. The van der Waals surface area contributed by atoms with Crippen LogP contribution in [0.3, 0.4) is 0 Å². The molecule has 0 radical (unpaired) electrons. The lowest BCUT2D eigenvalue weighted by atomic mass is 9.98. The Hall–Kier alpha value is -0.120. The lowest BCUT2D eigenvalue weighted by Gasteiger charge is -2.39. The van der Waals surface area contributed by atoms with Crippen molar-refractivity contribution in [3.8, 4) is 0 Å². The summed E-state index contributed by atoms with van der Waals surface area (Å²) in [7, 11) is 0. The highest BCUT2D eigenvalue weighted by atomic mass is 15.2. The largest absolute Gasteiger partial charge is 0.317 e. The van der Waals surface area contributed by atoms with Gasteiger partial charge in [0.2, 0.25) is 0 Å². The van der Waals surface area contributed by atoms with Gasteiger partial charge in [-0.2, -0.15) is 0 Å². The number of piperidine rings is 2. The Morgan fingerprint density at radius 1 is 1.13 bits per heavy atom. The molecule has 3 heteroatoms. The molecule has 0 atom stereocenters. The van der Waals surface area contributed by atoms with Crippen LogP contribution >= 0.6 is 0 Å². The van der Waals surface area contributed by atoms with E-state index in [4.69, 9.17) is 0 Å². The second-order valence-electron chi connectivity index (χ2n) is 4.85. The van der Waals surface area contributed by atoms with Gasteiger partial charge in [-0.3, -0.25) is 0 Å². The Morgan fingerprint density at radius 2 is 1.80 bits per heavy atom. The molecule has 2 aliphatic rings. The number of likely N-dealkylation sites (tertiary alicyclic amines) is 1. The zero-order valence-corrected chi connectivity index (χ0v) is 9.97. The predicted molar refractivity (Wildman–Crippen MR) is 64.2 cm³/mol. The third-order valence-electron chi connectivity index (χ3n) is 3.85. The summed E-state index contributed by atoms with van der Waals surface area (Å²) < 4.78 is 0. The van der Waals surface area contributed by atoms with Gasteiger partial charge in [0.1, 0.15) is 0 Å². The van der Waals surface area contributed by atoms with Gasteiger partial charge in [0.15, 0.2) is 0 Å². The summed E-state index contributed by atoms with van der Waals surface area (Å²) >= 11 is 0. The first-order chi connectivity index (χ1) is 7.40. The highest BCUT2D eigenvalue weighted by Gasteiger charge is 2.25. The minimum absolute atomic E-state index is 0.785. The molecule has 0 saturated carbocycles. The van der Waals surface area contributed by atoms with Crippen LogP contribution in [0.5, 0.6) is 0 Å². The van der Waals surface area contributed by atoms with Gasteiger partial charge in [0.05, 0.1) is 0 Å². The molecular weight excluding hydrogens is 186 g/mol. The van der Waals surface area contributed by atoms with Crippen LogP contribution in [-0.2, 0) is 0 Å². The topological polar surface area (TPSA) is 27.3 Å². The molecule has 0 amide bonds. The van der Waals surface area contributed by atoms with Crippen LogP contribution in [0.25, 0.3) is 0 Å². The molecule has 2 N–H and O–H groups in total. The van der Waals surface area contributed by atoms with Crippen LogP contribution in [0.2, 0.25) is 0 Å². The van der Waals surface area contributed by atoms with Gasteiger partial charge in [-0.05, 0) is 58.4 Å². The number of rotatable bonds is 3. The molecule has 88 valence electrons. The van der Waals surface area contributed by atoms with Gasteiger partial charge in [0, 0.05) is 12.1 Å². The highest BCUT2D eigenvalue weighted by molar-refractivity contribution is 4.83. The van der Waals surface area contributed by atoms with Crippen LogP contribution in [0.1, 0.15) is 32.6 Å². The van der Waals surface area contributed by atoms with Gasteiger partial charge >= 0.3 is 0 Å². The van der Waals surface area contributed by atoms with Crippen molar-refractivity contribution in [1.82, 2.24) is 15.5 Å².